The minimum absolute atomic E-state index is 0.0202. The molecule has 6 heteroatoms. The molecular weight excluding hydrogens is 306 g/mol. The average Bonchev–Trinajstić information content (AvgIpc) is 2.63. The molecule has 1 aromatic carbocycles. The Morgan fingerprint density at radius 2 is 2.12 bits per heavy atom. The van der Waals surface area contributed by atoms with Gasteiger partial charge in [-0.05, 0) is 25.0 Å². The zero-order chi connectivity index (χ0) is 16.8. The highest BCUT2D eigenvalue weighted by molar-refractivity contribution is 5.77. The molecule has 0 N–H and O–H groups in total. The Labute approximate surface area is 141 Å². The van der Waals surface area contributed by atoms with E-state index in [0.29, 0.717) is 12.4 Å². The van der Waals surface area contributed by atoms with Crippen molar-refractivity contribution in [1.82, 2.24) is 14.9 Å². The molecule has 3 rings (SSSR count). The quantitative estimate of drug-likeness (QED) is 0.844. The first-order valence-electron chi connectivity index (χ1n) is 8.08. The topological polar surface area (TPSA) is 64.5 Å². The highest BCUT2D eigenvalue weighted by Crippen LogP contribution is 2.27. The lowest BCUT2D eigenvalue weighted by molar-refractivity contribution is -0.136. The summed E-state index contributed by atoms with van der Waals surface area (Å²) in [5, 5.41) is 0. The molecule has 24 heavy (non-hydrogen) atoms. The van der Waals surface area contributed by atoms with Gasteiger partial charge >= 0.3 is 0 Å². The zero-order valence-corrected chi connectivity index (χ0v) is 13.7. The molecule has 1 aliphatic rings. The SMILES string of the molecule is COCC(=O)N1CCC[C@H](c2cncc(Oc3ccccc3)n2)C1. The average molecular weight is 327 g/mol. The van der Waals surface area contributed by atoms with Crippen molar-refractivity contribution in [2.75, 3.05) is 26.8 Å². The number of nitrogens with zero attached hydrogens (tertiary/aromatic N) is 3. The number of methoxy groups -OCH3 is 1. The van der Waals surface area contributed by atoms with Crippen molar-refractivity contribution in [2.24, 2.45) is 0 Å². The van der Waals surface area contributed by atoms with Crippen molar-refractivity contribution < 1.29 is 14.3 Å². The third-order valence-electron chi connectivity index (χ3n) is 4.06. The largest absolute Gasteiger partial charge is 0.437 e. The van der Waals surface area contributed by atoms with Gasteiger partial charge in [-0.3, -0.25) is 9.78 Å². The van der Waals surface area contributed by atoms with Crippen LogP contribution in [0.1, 0.15) is 24.5 Å². The van der Waals surface area contributed by atoms with Gasteiger partial charge in [0.2, 0.25) is 11.8 Å². The van der Waals surface area contributed by atoms with Gasteiger partial charge in [-0.1, -0.05) is 18.2 Å². The van der Waals surface area contributed by atoms with E-state index in [9.17, 15) is 4.79 Å². The van der Waals surface area contributed by atoms with Crippen LogP contribution in [0, 0.1) is 0 Å². The molecular formula is C18H21N3O3. The minimum atomic E-state index is 0.0202. The number of para-hydroxylation sites is 1. The predicted molar refractivity (Wildman–Crippen MR) is 89.0 cm³/mol. The molecule has 2 aromatic rings. The first kappa shape index (κ1) is 16.4. The Balaban J connectivity index is 1.70. The maximum atomic E-state index is 12.0. The van der Waals surface area contributed by atoms with Crippen LogP contribution in [0.3, 0.4) is 0 Å². The van der Waals surface area contributed by atoms with Gasteiger partial charge in [0.1, 0.15) is 12.4 Å². The van der Waals surface area contributed by atoms with Crippen LogP contribution in [0.25, 0.3) is 0 Å². The maximum absolute atomic E-state index is 12.0. The fourth-order valence-corrected chi connectivity index (χ4v) is 2.88. The van der Waals surface area contributed by atoms with Gasteiger partial charge < -0.3 is 14.4 Å². The zero-order valence-electron chi connectivity index (χ0n) is 13.7. The van der Waals surface area contributed by atoms with Gasteiger partial charge in [-0.2, -0.15) is 0 Å². The number of hydrogen-bond donors (Lipinski definition) is 0. The molecule has 1 fully saturated rings. The lowest BCUT2D eigenvalue weighted by Crippen LogP contribution is -2.41. The predicted octanol–water partition coefficient (Wildman–Crippen LogP) is 2.62. The molecule has 0 unspecified atom stereocenters. The molecule has 0 radical (unpaired) electrons. The summed E-state index contributed by atoms with van der Waals surface area (Å²) in [7, 11) is 1.54. The van der Waals surface area contributed by atoms with Crippen molar-refractivity contribution in [3.05, 3.63) is 48.4 Å². The second kappa shape index (κ2) is 7.88. The number of piperidine rings is 1. The third-order valence-corrected chi connectivity index (χ3v) is 4.06. The first-order chi connectivity index (χ1) is 11.8. The Kier molecular flexibility index (Phi) is 5.38. The number of carbonyl (C=O) groups excluding carboxylic acids is 1. The van der Waals surface area contributed by atoms with Crippen molar-refractivity contribution in [3.8, 4) is 11.6 Å². The molecule has 0 spiro atoms. The molecule has 1 aromatic heterocycles. The van der Waals surface area contributed by atoms with E-state index in [4.69, 9.17) is 9.47 Å². The fraction of sp³-hybridized carbons (Fsp3) is 0.389. The number of ether oxygens (including phenoxy) is 2. The van der Waals surface area contributed by atoms with Crippen LogP contribution in [0.15, 0.2) is 42.7 Å². The van der Waals surface area contributed by atoms with Gasteiger partial charge in [0.15, 0.2) is 0 Å². The number of rotatable bonds is 5. The molecule has 0 aliphatic carbocycles. The standard InChI is InChI=1S/C18H21N3O3/c1-23-13-18(22)21-9-5-6-14(12-21)16-10-19-11-17(20-16)24-15-7-3-2-4-8-15/h2-4,7-8,10-11,14H,5-6,9,12-13H2,1H3/t14-/m0/s1. The molecule has 6 nitrogen and oxygen atoms in total. The summed E-state index contributed by atoms with van der Waals surface area (Å²) in [6, 6.07) is 9.50. The summed E-state index contributed by atoms with van der Waals surface area (Å²) in [6.45, 7) is 1.54. The van der Waals surface area contributed by atoms with E-state index in [-0.39, 0.29) is 18.4 Å². The van der Waals surface area contributed by atoms with Gasteiger partial charge in [-0.25, -0.2) is 4.98 Å². The van der Waals surface area contributed by atoms with E-state index in [0.717, 1.165) is 30.8 Å². The number of carbonyl (C=O) groups is 1. The van der Waals surface area contributed by atoms with Crippen molar-refractivity contribution in [2.45, 2.75) is 18.8 Å². The summed E-state index contributed by atoms with van der Waals surface area (Å²) in [5.74, 6) is 1.39. The molecule has 1 aliphatic heterocycles. The molecule has 1 atom stereocenters. The summed E-state index contributed by atoms with van der Waals surface area (Å²) in [6.07, 6.45) is 5.30. The second-order valence-corrected chi connectivity index (χ2v) is 5.81. The number of benzene rings is 1. The fourth-order valence-electron chi connectivity index (χ4n) is 2.88. The van der Waals surface area contributed by atoms with Crippen LogP contribution in [0.2, 0.25) is 0 Å². The Hall–Kier alpha value is -2.47. The van der Waals surface area contributed by atoms with Crippen LogP contribution in [-0.2, 0) is 9.53 Å². The molecule has 0 saturated carbocycles. The first-order valence-corrected chi connectivity index (χ1v) is 8.08. The maximum Gasteiger partial charge on any atom is 0.248 e. The van der Waals surface area contributed by atoms with E-state index in [1.54, 1.807) is 12.4 Å². The van der Waals surface area contributed by atoms with E-state index in [1.807, 2.05) is 35.2 Å². The molecule has 2 heterocycles. The highest BCUT2D eigenvalue weighted by Gasteiger charge is 2.26. The van der Waals surface area contributed by atoms with Crippen molar-refractivity contribution in [1.29, 1.82) is 0 Å². The number of aromatic nitrogens is 2. The third kappa shape index (κ3) is 4.08. The monoisotopic (exact) mass is 327 g/mol. The molecule has 1 saturated heterocycles. The van der Waals surface area contributed by atoms with Crippen molar-refractivity contribution >= 4 is 5.91 Å². The van der Waals surface area contributed by atoms with Crippen LogP contribution in [-0.4, -0.2) is 47.6 Å². The number of likely N-dealkylation sites (tertiary alicyclic amines) is 1. The number of amides is 1. The lowest BCUT2D eigenvalue weighted by atomic mass is 9.95. The van der Waals surface area contributed by atoms with E-state index in [2.05, 4.69) is 9.97 Å². The summed E-state index contributed by atoms with van der Waals surface area (Å²) >= 11 is 0. The normalized spacial score (nSPS) is 17.5. The smallest absolute Gasteiger partial charge is 0.248 e. The Morgan fingerprint density at radius 3 is 2.92 bits per heavy atom. The number of hydrogen-bond acceptors (Lipinski definition) is 5. The van der Waals surface area contributed by atoms with Gasteiger partial charge in [-0.15, -0.1) is 0 Å². The van der Waals surface area contributed by atoms with Gasteiger partial charge in [0, 0.05) is 32.3 Å². The Morgan fingerprint density at radius 1 is 1.29 bits per heavy atom. The minimum Gasteiger partial charge on any atom is -0.437 e. The van der Waals surface area contributed by atoms with Gasteiger partial charge in [0.05, 0.1) is 11.9 Å². The summed E-state index contributed by atoms with van der Waals surface area (Å²) in [4.78, 5) is 22.7. The van der Waals surface area contributed by atoms with E-state index in [1.165, 1.54) is 7.11 Å². The van der Waals surface area contributed by atoms with Crippen LogP contribution >= 0.6 is 0 Å². The van der Waals surface area contributed by atoms with Crippen LogP contribution in [0.5, 0.6) is 11.6 Å². The van der Waals surface area contributed by atoms with E-state index >= 15 is 0 Å². The van der Waals surface area contributed by atoms with Crippen LogP contribution in [0.4, 0.5) is 0 Å². The molecule has 0 bridgehead atoms. The lowest BCUT2D eigenvalue weighted by Gasteiger charge is -2.32. The van der Waals surface area contributed by atoms with E-state index < -0.39 is 0 Å². The highest BCUT2D eigenvalue weighted by atomic mass is 16.5. The summed E-state index contributed by atoms with van der Waals surface area (Å²) < 4.78 is 10.7. The Bertz CT molecular complexity index is 678. The van der Waals surface area contributed by atoms with Gasteiger partial charge in [0.25, 0.3) is 0 Å². The second-order valence-electron chi connectivity index (χ2n) is 5.81. The van der Waals surface area contributed by atoms with Crippen LogP contribution < -0.4 is 4.74 Å². The molecule has 1 amide bonds. The van der Waals surface area contributed by atoms with Crippen molar-refractivity contribution in [3.63, 3.8) is 0 Å². The summed E-state index contributed by atoms with van der Waals surface area (Å²) in [5.41, 5.74) is 0.860. The molecule has 126 valence electrons.